The van der Waals surface area contributed by atoms with Crippen LogP contribution in [0.1, 0.15) is 39.9 Å². The molecule has 0 aliphatic carbocycles. The molecular formula is C23H27F3N2O3. The minimum Gasteiger partial charge on any atom is -0.393 e. The molecule has 0 bridgehead atoms. The van der Waals surface area contributed by atoms with E-state index in [9.17, 15) is 23.1 Å². The maximum Gasteiger partial charge on any atom is 0.411 e. The summed E-state index contributed by atoms with van der Waals surface area (Å²) in [5, 5.41) is 12.4. The SMILES string of the molecule is O=C(NCc1ccc(CN2CCC(O)CC2)cc1)c1ccc(COCC(F)(F)F)cc1. The van der Waals surface area contributed by atoms with E-state index >= 15 is 0 Å². The fraction of sp³-hybridized carbons (Fsp3) is 0.435. The third-order valence-corrected chi connectivity index (χ3v) is 5.19. The van der Waals surface area contributed by atoms with Crippen LogP contribution in [0.3, 0.4) is 0 Å². The van der Waals surface area contributed by atoms with Crippen molar-refractivity contribution in [3.05, 3.63) is 70.8 Å². The first kappa shape index (κ1) is 23.2. The first-order valence-corrected chi connectivity index (χ1v) is 10.3. The molecule has 0 spiro atoms. The molecule has 0 aromatic heterocycles. The number of halogens is 3. The highest BCUT2D eigenvalue weighted by Gasteiger charge is 2.27. The number of piperidine rings is 1. The van der Waals surface area contributed by atoms with Crippen molar-refractivity contribution in [1.82, 2.24) is 10.2 Å². The van der Waals surface area contributed by atoms with Gasteiger partial charge in [0.1, 0.15) is 6.61 Å². The van der Waals surface area contributed by atoms with E-state index in [1.54, 1.807) is 24.3 Å². The Bertz CT molecular complexity index is 831. The molecule has 1 heterocycles. The lowest BCUT2D eigenvalue weighted by Gasteiger charge is -2.29. The predicted molar refractivity (Wildman–Crippen MR) is 110 cm³/mol. The molecule has 2 aromatic carbocycles. The van der Waals surface area contributed by atoms with E-state index < -0.39 is 12.8 Å². The summed E-state index contributed by atoms with van der Waals surface area (Å²) >= 11 is 0. The van der Waals surface area contributed by atoms with E-state index in [0.29, 0.717) is 17.7 Å². The van der Waals surface area contributed by atoms with Gasteiger partial charge in [-0.2, -0.15) is 13.2 Å². The number of rotatable bonds is 8. The van der Waals surface area contributed by atoms with Gasteiger partial charge in [-0.1, -0.05) is 36.4 Å². The van der Waals surface area contributed by atoms with E-state index in [-0.39, 0.29) is 18.6 Å². The number of alkyl halides is 3. The Labute approximate surface area is 179 Å². The highest BCUT2D eigenvalue weighted by Crippen LogP contribution is 2.16. The number of benzene rings is 2. The van der Waals surface area contributed by atoms with Crippen LogP contribution >= 0.6 is 0 Å². The molecule has 0 unspecified atom stereocenters. The molecule has 2 N–H and O–H groups in total. The number of nitrogens with zero attached hydrogens (tertiary/aromatic N) is 1. The van der Waals surface area contributed by atoms with Gasteiger partial charge < -0.3 is 15.2 Å². The monoisotopic (exact) mass is 436 g/mol. The molecule has 0 saturated carbocycles. The molecule has 1 aliphatic heterocycles. The van der Waals surface area contributed by atoms with Gasteiger partial charge in [-0.15, -0.1) is 0 Å². The summed E-state index contributed by atoms with van der Waals surface area (Å²) in [5.74, 6) is -0.251. The predicted octanol–water partition coefficient (Wildman–Crippen LogP) is 3.65. The lowest BCUT2D eigenvalue weighted by Crippen LogP contribution is -2.35. The Hall–Kier alpha value is -2.42. The molecule has 1 aliphatic rings. The van der Waals surface area contributed by atoms with Crippen molar-refractivity contribution >= 4 is 5.91 Å². The van der Waals surface area contributed by atoms with Gasteiger partial charge in [0, 0.05) is 31.7 Å². The first-order valence-electron chi connectivity index (χ1n) is 10.3. The van der Waals surface area contributed by atoms with Gasteiger partial charge in [0.05, 0.1) is 12.7 Å². The van der Waals surface area contributed by atoms with Crippen molar-refractivity contribution in [3.63, 3.8) is 0 Å². The van der Waals surface area contributed by atoms with Crippen LogP contribution in [0, 0.1) is 0 Å². The fourth-order valence-electron chi connectivity index (χ4n) is 3.42. The highest BCUT2D eigenvalue weighted by atomic mass is 19.4. The summed E-state index contributed by atoms with van der Waals surface area (Å²) in [5.41, 5.74) is 3.17. The normalized spacial score (nSPS) is 15.7. The lowest BCUT2D eigenvalue weighted by atomic mass is 10.1. The van der Waals surface area contributed by atoms with Gasteiger partial charge in [-0.3, -0.25) is 9.69 Å². The second kappa shape index (κ2) is 10.7. The molecule has 5 nitrogen and oxygen atoms in total. The Morgan fingerprint density at radius 2 is 1.58 bits per heavy atom. The fourth-order valence-corrected chi connectivity index (χ4v) is 3.42. The summed E-state index contributed by atoms with van der Waals surface area (Å²) in [7, 11) is 0. The maximum atomic E-state index is 12.3. The second-order valence-electron chi connectivity index (χ2n) is 7.81. The van der Waals surface area contributed by atoms with Crippen LogP contribution in [0.15, 0.2) is 48.5 Å². The lowest BCUT2D eigenvalue weighted by molar-refractivity contribution is -0.176. The number of aliphatic hydroxyl groups is 1. The average molecular weight is 436 g/mol. The van der Waals surface area contributed by atoms with E-state index in [1.807, 2.05) is 24.3 Å². The Morgan fingerprint density at radius 3 is 2.19 bits per heavy atom. The zero-order valence-electron chi connectivity index (χ0n) is 17.2. The van der Waals surface area contributed by atoms with Gasteiger partial charge in [-0.05, 0) is 41.7 Å². The molecule has 168 valence electrons. The number of carbonyl (C=O) groups excluding carboxylic acids is 1. The average Bonchev–Trinajstić information content (AvgIpc) is 2.74. The number of aliphatic hydroxyl groups excluding tert-OH is 1. The number of carbonyl (C=O) groups is 1. The summed E-state index contributed by atoms with van der Waals surface area (Å²) in [6.07, 6.45) is -2.91. The Kier molecular flexibility index (Phi) is 8.06. The highest BCUT2D eigenvalue weighted by molar-refractivity contribution is 5.94. The Balaban J connectivity index is 1.42. The summed E-state index contributed by atoms with van der Waals surface area (Å²) in [6.45, 7) is 1.56. The van der Waals surface area contributed by atoms with Crippen LogP contribution in [0.5, 0.6) is 0 Å². The number of amides is 1. The molecule has 1 fully saturated rings. The zero-order valence-corrected chi connectivity index (χ0v) is 17.2. The second-order valence-corrected chi connectivity index (χ2v) is 7.81. The third kappa shape index (κ3) is 7.97. The molecule has 8 heteroatoms. The van der Waals surface area contributed by atoms with E-state index in [2.05, 4.69) is 15.0 Å². The van der Waals surface area contributed by atoms with Crippen LogP contribution in [0.2, 0.25) is 0 Å². The summed E-state index contributed by atoms with van der Waals surface area (Å²) in [6, 6.07) is 14.4. The van der Waals surface area contributed by atoms with Crippen molar-refractivity contribution in [2.24, 2.45) is 0 Å². The van der Waals surface area contributed by atoms with E-state index in [1.165, 1.54) is 5.56 Å². The first-order chi connectivity index (χ1) is 14.8. The van der Waals surface area contributed by atoms with Crippen LogP contribution in [-0.4, -0.2) is 47.9 Å². The Morgan fingerprint density at radius 1 is 1.00 bits per heavy atom. The molecule has 3 rings (SSSR count). The van der Waals surface area contributed by atoms with Crippen molar-refractivity contribution < 1.29 is 27.8 Å². The van der Waals surface area contributed by atoms with Crippen molar-refractivity contribution in [1.29, 1.82) is 0 Å². The topological polar surface area (TPSA) is 61.8 Å². The maximum absolute atomic E-state index is 12.3. The van der Waals surface area contributed by atoms with Crippen LogP contribution < -0.4 is 5.32 Å². The van der Waals surface area contributed by atoms with Gasteiger partial charge in [-0.25, -0.2) is 0 Å². The number of ether oxygens (including phenoxy) is 1. The van der Waals surface area contributed by atoms with E-state index in [0.717, 1.165) is 38.0 Å². The standard InChI is InChI=1S/C23H27F3N2O3/c24-23(25,26)16-31-15-19-5-7-20(8-6-19)22(30)27-13-17-1-3-18(4-2-17)14-28-11-9-21(29)10-12-28/h1-8,21,29H,9-16H2,(H,27,30). The smallest absolute Gasteiger partial charge is 0.393 e. The van der Waals surface area contributed by atoms with E-state index in [4.69, 9.17) is 0 Å². The van der Waals surface area contributed by atoms with Gasteiger partial charge in [0.15, 0.2) is 0 Å². The zero-order chi connectivity index (χ0) is 22.3. The molecular weight excluding hydrogens is 409 g/mol. The summed E-state index contributed by atoms with van der Waals surface area (Å²) in [4.78, 5) is 14.6. The minimum absolute atomic E-state index is 0.161. The van der Waals surface area contributed by atoms with Crippen molar-refractivity contribution in [2.75, 3.05) is 19.7 Å². The number of hydrogen-bond donors (Lipinski definition) is 2. The van der Waals surface area contributed by atoms with Gasteiger partial charge in [0.2, 0.25) is 0 Å². The number of hydrogen-bond acceptors (Lipinski definition) is 4. The van der Waals surface area contributed by atoms with Crippen LogP contribution in [-0.2, 0) is 24.4 Å². The molecule has 31 heavy (non-hydrogen) atoms. The molecule has 0 radical (unpaired) electrons. The number of likely N-dealkylation sites (tertiary alicyclic amines) is 1. The molecule has 1 saturated heterocycles. The minimum atomic E-state index is -4.35. The van der Waals surface area contributed by atoms with Crippen LogP contribution in [0.4, 0.5) is 13.2 Å². The van der Waals surface area contributed by atoms with Crippen molar-refractivity contribution in [2.45, 2.75) is 44.8 Å². The summed E-state index contributed by atoms with van der Waals surface area (Å²) < 4.78 is 40.9. The van der Waals surface area contributed by atoms with Crippen LogP contribution in [0.25, 0.3) is 0 Å². The molecule has 1 amide bonds. The largest absolute Gasteiger partial charge is 0.411 e. The van der Waals surface area contributed by atoms with Crippen molar-refractivity contribution in [3.8, 4) is 0 Å². The van der Waals surface area contributed by atoms with Gasteiger partial charge >= 0.3 is 6.18 Å². The van der Waals surface area contributed by atoms with Gasteiger partial charge in [0.25, 0.3) is 5.91 Å². The number of nitrogens with one attached hydrogen (secondary N) is 1. The third-order valence-electron chi connectivity index (χ3n) is 5.19. The quantitative estimate of drug-likeness (QED) is 0.663. The molecule has 2 aromatic rings. The molecule has 0 atom stereocenters.